The Morgan fingerprint density at radius 1 is 0.297 bits per heavy atom. The molecule has 0 fully saturated rings. The number of carbonyl (C=O) groups excluding carboxylic acids is 2. The zero-order valence-corrected chi connectivity index (χ0v) is 67.1. The highest BCUT2D eigenvalue weighted by molar-refractivity contribution is 5.71. The van der Waals surface area contributed by atoms with Gasteiger partial charge in [-0.15, -0.1) is 0 Å². The van der Waals surface area contributed by atoms with Gasteiger partial charge in [0.25, 0.3) is 6.29 Å². The third kappa shape index (κ3) is 83.1. The van der Waals surface area contributed by atoms with Gasteiger partial charge in [0.2, 0.25) is 0 Å². The van der Waals surface area contributed by atoms with E-state index in [1.807, 2.05) is 21.1 Å². The van der Waals surface area contributed by atoms with Crippen molar-refractivity contribution in [1.82, 2.24) is 0 Å². The molecule has 0 spiro atoms. The molecule has 0 aromatic heterocycles. The first-order valence-corrected chi connectivity index (χ1v) is 43.1. The van der Waals surface area contributed by atoms with Crippen LogP contribution in [0.2, 0.25) is 0 Å². The Balaban J connectivity index is 3.94. The molecular formula is C92H164NO8+. The largest absolute Gasteiger partial charge is 0.477 e. The van der Waals surface area contributed by atoms with Crippen molar-refractivity contribution in [1.29, 1.82) is 0 Å². The highest BCUT2D eigenvalue weighted by Gasteiger charge is 2.25. The van der Waals surface area contributed by atoms with E-state index in [-0.39, 0.29) is 38.2 Å². The van der Waals surface area contributed by atoms with Gasteiger partial charge in [0.15, 0.2) is 6.10 Å². The summed E-state index contributed by atoms with van der Waals surface area (Å²) in [5.74, 6) is -1.98. The maximum absolute atomic E-state index is 13.0. The van der Waals surface area contributed by atoms with Gasteiger partial charge in [0.1, 0.15) is 13.2 Å². The zero-order chi connectivity index (χ0) is 73.2. The van der Waals surface area contributed by atoms with Gasteiger partial charge in [-0.1, -0.05) is 399 Å². The van der Waals surface area contributed by atoms with Crippen LogP contribution in [0, 0.1) is 0 Å². The Kier molecular flexibility index (Phi) is 78.3. The number of nitrogens with zero attached hydrogens (tertiary/aromatic N) is 1. The number of unbranched alkanes of at least 4 members (excludes halogenated alkanes) is 47. The molecule has 1 N–H and O–H groups in total. The predicted octanol–water partition coefficient (Wildman–Crippen LogP) is 28.0. The Hall–Kier alpha value is -4.05. The lowest BCUT2D eigenvalue weighted by atomic mass is 10.0. The second-order valence-corrected chi connectivity index (χ2v) is 30.1. The number of carbonyl (C=O) groups is 3. The number of carboxylic acid groups (broad SMARTS) is 1. The van der Waals surface area contributed by atoms with Gasteiger partial charge in [-0.05, 0) is 96.3 Å². The molecule has 0 radical (unpaired) electrons. The van der Waals surface area contributed by atoms with Crippen LogP contribution in [0.1, 0.15) is 399 Å². The quantitative estimate of drug-likeness (QED) is 0.0211. The Labute approximate surface area is 625 Å². The normalized spacial score (nSPS) is 13.2. The summed E-state index contributed by atoms with van der Waals surface area (Å²) in [6.45, 7) is 4.71. The van der Waals surface area contributed by atoms with Crippen LogP contribution in [0.15, 0.2) is 109 Å². The molecule has 0 aromatic rings. The topological polar surface area (TPSA) is 108 Å². The van der Waals surface area contributed by atoms with Gasteiger partial charge in [0.05, 0.1) is 34.4 Å². The maximum atomic E-state index is 13.0. The summed E-state index contributed by atoms with van der Waals surface area (Å²) in [6, 6.07) is 0. The molecule has 0 rings (SSSR count). The molecule has 0 aliphatic heterocycles. The molecule has 0 amide bonds. The number of quaternary nitrogens is 1. The highest BCUT2D eigenvalue weighted by atomic mass is 16.7. The van der Waals surface area contributed by atoms with Crippen molar-refractivity contribution in [3.8, 4) is 0 Å². The van der Waals surface area contributed by atoms with Crippen molar-refractivity contribution in [3.05, 3.63) is 109 Å². The average Bonchev–Trinajstić information content (AvgIpc) is 1.25. The molecule has 0 bridgehead atoms. The minimum Gasteiger partial charge on any atom is -0.477 e. The molecule has 0 heterocycles. The molecule has 0 aromatic carbocycles. The lowest BCUT2D eigenvalue weighted by molar-refractivity contribution is -0.870. The zero-order valence-electron chi connectivity index (χ0n) is 67.1. The average molecular weight is 1410 g/mol. The van der Waals surface area contributed by atoms with E-state index < -0.39 is 18.4 Å². The predicted molar refractivity (Wildman–Crippen MR) is 438 cm³/mol. The molecule has 9 heteroatoms. The van der Waals surface area contributed by atoms with Crippen molar-refractivity contribution in [2.75, 3.05) is 47.5 Å². The van der Waals surface area contributed by atoms with Gasteiger partial charge in [-0.3, -0.25) is 9.59 Å². The van der Waals surface area contributed by atoms with Crippen LogP contribution in [0.4, 0.5) is 0 Å². The fraction of sp³-hybridized carbons (Fsp3) is 0.772. The first kappa shape index (κ1) is 97.0. The fourth-order valence-corrected chi connectivity index (χ4v) is 12.6. The minimum atomic E-state index is -1.51. The van der Waals surface area contributed by atoms with Gasteiger partial charge in [-0.25, -0.2) is 4.79 Å². The van der Waals surface area contributed by atoms with Crippen molar-refractivity contribution >= 4 is 17.9 Å². The van der Waals surface area contributed by atoms with E-state index in [9.17, 15) is 19.5 Å². The smallest absolute Gasteiger partial charge is 0.361 e. The monoisotopic (exact) mass is 1410 g/mol. The molecule has 0 aliphatic rings. The lowest BCUT2D eigenvalue weighted by Gasteiger charge is -2.25. The Bertz CT molecular complexity index is 2040. The number of ether oxygens (including phenoxy) is 4. The molecule has 0 saturated carbocycles. The summed E-state index contributed by atoms with van der Waals surface area (Å²) >= 11 is 0. The Morgan fingerprint density at radius 3 is 0.792 bits per heavy atom. The van der Waals surface area contributed by atoms with Crippen LogP contribution in [-0.2, 0) is 33.3 Å². The maximum Gasteiger partial charge on any atom is 0.361 e. The first-order valence-electron chi connectivity index (χ1n) is 43.1. The van der Waals surface area contributed by atoms with E-state index >= 15 is 0 Å². The van der Waals surface area contributed by atoms with Crippen LogP contribution < -0.4 is 0 Å². The van der Waals surface area contributed by atoms with E-state index in [2.05, 4.69) is 123 Å². The number of rotatable bonds is 80. The SMILES string of the molecule is CC/C=C\C/C=C\C/C=C\C/C=C\C/C=C\CCCCCCCCCCCCCCCCCCCCCCCC(=O)OC(COC(=O)CCCCCCCCCCCCCCCCCCCCCCCCCCCC/C=C\C/C=C\C/C=C\C/C=C\CC)COC(OCC[N+](C)(C)C)C(=O)O. The Morgan fingerprint density at radius 2 is 0.535 bits per heavy atom. The van der Waals surface area contributed by atoms with Gasteiger partial charge < -0.3 is 28.5 Å². The van der Waals surface area contributed by atoms with Crippen LogP contribution in [0.3, 0.4) is 0 Å². The van der Waals surface area contributed by atoms with E-state index in [4.69, 9.17) is 18.9 Å². The highest BCUT2D eigenvalue weighted by Crippen LogP contribution is 2.20. The molecule has 584 valence electrons. The summed E-state index contributed by atoms with van der Waals surface area (Å²) in [5, 5.41) is 9.79. The molecule has 0 saturated heterocycles. The summed E-state index contributed by atoms with van der Waals surface area (Å²) in [7, 11) is 6.00. The van der Waals surface area contributed by atoms with Crippen molar-refractivity contribution in [2.24, 2.45) is 0 Å². The van der Waals surface area contributed by atoms with Crippen LogP contribution >= 0.6 is 0 Å². The van der Waals surface area contributed by atoms with Crippen LogP contribution in [0.25, 0.3) is 0 Å². The molecule has 101 heavy (non-hydrogen) atoms. The third-order valence-electron chi connectivity index (χ3n) is 19.0. The number of likely N-dealkylation sites (N-methyl/N-ethyl adjacent to an activating group) is 1. The van der Waals surface area contributed by atoms with Gasteiger partial charge >= 0.3 is 17.9 Å². The summed E-state index contributed by atoms with van der Waals surface area (Å²) < 4.78 is 23.1. The van der Waals surface area contributed by atoms with E-state index in [1.54, 1.807) is 0 Å². The number of allylic oxidation sites excluding steroid dienone is 18. The molecule has 2 atom stereocenters. The van der Waals surface area contributed by atoms with E-state index in [0.717, 1.165) is 96.3 Å². The summed E-state index contributed by atoms with van der Waals surface area (Å²) in [5.41, 5.74) is 0. The summed E-state index contributed by atoms with van der Waals surface area (Å²) in [6.07, 6.45) is 113. The number of esters is 2. The lowest BCUT2D eigenvalue weighted by Crippen LogP contribution is -2.40. The standard InChI is InChI=1S/C92H163NO8/c1-6-8-10-12-14-16-18-20-22-24-26-28-30-32-34-36-38-40-42-44-45-47-48-50-52-54-56-58-60-62-64-66-68-70-72-74-76-78-80-82-89(94)99-86-88(87-100-92(91(96)97)98-85-84-93(3,4)5)101-90(95)83-81-79-77-75-73-71-69-67-65-63-61-59-57-55-53-51-49-46-43-41-39-37-35-33-31-29-27-25-23-21-19-17-15-13-11-9-7-2/h8-11,14-17,20-23,26-29,33,35,88,92H,6-7,12-13,18-19,24-25,30-32,34,36-87H2,1-5H3/p+1/b10-8-,11-9-,16-14-,17-15-,22-20-,23-21-,28-26-,29-27-,35-33-. The fourth-order valence-electron chi connectivity index (χ4n) is 12.6. The van der Waals surface area contributed by atoms with Crippen LogP contribution in [0.5, 0.6) is 0 Å². The van der Waals surface area contributed by atoms with Gasteiger partial charge in [0, 0.05) is 12.8 Å². The molecule has 0 aliphatic carbocycles. The third-order valence-corrected chi connectivity index (χ3v) is 19.0. The van der Waals surface area contributed by atoms with Crippen LogP contribution in [-0.4, -0.2) is 87.4 Å². The second-order valence-electron chi connectivity index (χ2n) is 30.1. The molecule has 9 nitrogen and oxygen atoms in total. The van der Waals surface area contributed by atoms with Crippen molar-refractivity contribution in [3.63, 3.8) is 0 Å². The number of hydrogen-bond acceptors (Lipinski definition) is 7. The van der Waals surface area contributed by atoms with E-state index in [0.29, 0.717) is 17.4 Å². The van der Waals surface area contributed by atoms with Gasteiger partial charge in [-0.2, -0.15) is 0 Å². The minimum absolute atomic E-state index is 0.179. The first-order chi connectivity index (χ1) is 49.6. The number of carboxylic acids is 1. The molecule has 2 unspecified atom stereocenters. The number of hydrogen-bond donors (Lipinski definition) is 1. The van der Waals surface area contributed by atoms with Crippen molar-refractivity contribution in [2.45, 2.75) is 411 Å². The van der Waals surface area contributed by atoms with E-state index in [1.165, 1.54) is 276 Å². The second kappa shape index (κ2) is 81.6. The molecular weight excluding hydrogens is 1250 g/mol. The number of aliphatic carboxylic acids is 1. The van der Waals surface area contributed by atoms with Crippen molar-refractivity contribution < 1.29 is 42.9 Å². The summed E-state index contributed by atoms with van der Waals surface area (Å²) in [4.78, 5) is 37.8.